The standard InChI is InChI=1S/C24H20N4O5/c1-31-17-9-8-15-18(33-24(30)20(15)21(17)32-2)12-19(29)26-14-6-3-5-13(11-14)22-27-16-7-4-10-25-23(16)28-22/h3-11,18H,12H2,1-2H3,(H,26,29)(H,25,27,28). The van der Waals surface area contributed by atoms with E-state index in [1.807, 2.05) is 30.3 Å². The van der Waals surface area contributed by atoms with Gasteiger partial charge in [-0.1, -0.05) is 18.2 Å². The molecule has 0 saturated carbocycles. The van der Waals surface area contributed by atoms with Crippen LogP contribution in [0.1, 0.15) is 28.4 Å². The van der Waals surface area contributed by atoms with E-state index in [-0.39, 0.29) is 17.9 Å². The number of fused-ring (bicyclic) bond motifs is 2. The number of hydrogen-bond acceptors (Lipinski definition) is 7. The number of rotatable bonds is 6. The van der Waals surface area contributed by atoms with Crippen LogP contribution in [0.5, 0.6) is 11.5 Å². The fraction of sp³-hybridized carbons (Fsp3) is 0.167. The van der Waals surface area contributed by atoms with Crippen molar-refractivity contribution in [3.63, 3.8) is 0 Å². The molecule has 0 spiro atoms. The Morgan fingerprint density at radius 3 is 2.82 bits per heavy atom. The molecule has 1 amide bonds. The molecule has 0 fully saturated rings. The lowest BCUT2D eigenvalue weighted by Gasteiger charge is -2.13. The van der Waals surface area contributed by atoms with Crippen LogP contribution in [0.4, 0.5) is 5.69 Å². The summed E-state index contributed by atoms with van der Waals surface area (Å²) in [5, 5.41) is 2.87. The monoisotopic (exact) mass is 444 g/mol. The molecule has 2 N–H and O–H groups in total. The quantitative estimate of drug-likeness (QED) is 0.434. The zero-order valence-electron chi connectivity index (χ0n) is 17.9. The van der Waals surface area contributed by atoms with E-state index >= 15 is 0 Å². The van der Waals surface area contributed by atoms with E-state index < -0.39 is 12.1 Å². The molecule has 0 bridgehead atoms. The summed E-state index contributed by atoms with van der Waals surface area (Å²) in [6, 6.07) is 14.5. The topological polar surface area (TPSA) is 115 Å². The van der Waals surface area contributed by atoms with Crippen molar-refractivity contribution in [2.75, 3.05) is 19.5 Å². The zero-order chi connectivity index (χ0) is 22.9. The molecule has 1 atom stereocenters. The maximum Gasteiger partial charge on any atom is 0.343 e. The van der Waals surface area contributed by atoms with Gasteiger partial charge < -0.3 is 24.5 Å². The summed E-state index contributed by atoms with van der Waals surface area (Å²) in [7, 11) is 2.95. The maximum absolute atomic E-state index is 12.8. The molecule has 2 aromatic carbocycles. The summed E-state index contributed by atoms with van der Waals surface area (Å²) >= 11 is 0. The van der Waals surface area contributed by atoms with E-state index in [2.05, 4.69) is 20.3 Å². The maximum atomic E-state index is 12.8. The van der Waals surface area contributed by atoms with Crippen LogP contribution in [0.2, 0.25) is 0 Å². The summed E-state index contributed by atoms with van der Waals surface area (Å²) in [4.78, 5) is 37.1. The molecule has 9 heteroatoms. The molecule has 1 unspecified atom stereocenters. The van der Waals surface area contributed by atoms with E-state index in [0.717, 1.165) is 11.1 Å². The van der Waals surface area contributed by atoms with Crippen molar-refractivity contribution in [1.82, 2.24) is 15.0 Å². The van der Waals surface area contributed by atoms with Crippen LogP contribution in [0, 0.1) is 0 Å². The third-order valence-corrected chi connectivity index (χ3v) is 5.43. The Hall–Kier alpha value is -4.40. The van der Waals surface area contributed by atoms with E-state index in [1.165, 1.54) is 14.2 Å². The highest BCUT2D eigenvalue weighted by Crippen LogP contribution is 2.43. The number of amides is 1. The Kier molecular flexibility index (Phi) is 5.14. The second-order valence-corrected chi connectivity index (χ2v) is 7.45. The van der Waals surface area contributed by atoms with Crippen LogP contribution < -0.4 is 14.8 Å². The predicted octanol–water partition coefficient (Wildman–Crippen LogP) is 3.88. The first-order chi connectivity index (χ1) is 16.1. The molecular weight excluding hydrogens is 424 g/mol. The largest absolute Gasteiger partial charge is 0.493 e. The predicted molar refractivity (Wildman–Crippen MR) is 120 cm³/mol. The number of ether oxygens (including phenoxy) is 3. The van der Waals surface area contributed by atoms with Gasteiger partial charge in [0, 0.05) is 23.0 Å². The number of pyridine rings is 1. The van der Waals surface area contributed by atoms with Crippen molar-refractivity contribution >= 4 is 28.7 Å². The first-order valence-electron chi connectivity index (χ1n) is 10.2. The number of nitrogens with one attached hydrogen (secondary N) is 2. The van der Waals surface area contributed by atoms with Crippen molar-refractivity contribution < 1.29 is 23.8 Å². The number of aromatic nitrogens is 3. The third kappa shape index (κ3) is 3.73. The van der Waals surface area contributed by atoms with Crippen LogP contribution in [0.3, 0.4) is 0 Å². The highest BCUT2D eigenvalue weighted by atomic mass is 16.6. The Morgan fingerprint density at radius 1 is 1.15 bits per heavy atom. The lowest BCUT2D eigenvalue weighted by molar-refractivity contribution is -0.118. The van der Waals surface area contributed by atoms with Gasteiger partial charge in [-0.15, -0.1) is 0 Å². The van der Waals surface area contributed by atoms with Crippen LogP contribution in [0.25, 0.3) is 22.6 Å². The van der Waals surface area contributed by atoms with E-state index in [4.69, 9.17) is 14.2 Å². The first kappa shape index (κ1) is 20.5. The normalized spacial score (nSPS) is 14.6. The number of hydrogen-bond donors (Lipinski definition) is 2. The third-order valence-electron chi connectivity index (χ3n) is 5.43. The van der Waals surface area contributed by atoms with E-state index in [0.29, 0.717) is 34.2 Å². The van der Waals surface area contributed by atoms with Gasteiger partial charge in [0.2, 0.25) is 5.91 Å². The van der Waals surface area contributed by atoms with Gasteiger partial charge in [-0.2, -0.15) is 0 Å². The number of methoxy groups -OCH3 is 2. The fourth-order valence-corrected chi connectivity index (χ4v) is 3.93. The average Bonchev–Trinajstić information content (AvgIpc) is 3.40. The Labute approximate surface area is 188 Å². The van der Waals surface area contributed by atoms with Gasteiger partial charge in [-0.25, -0.2) is 14.8 Å². The van der Waals surface area contributed by atoms with Crippen molar-refractivity contribution in [2.45, 2.75) is 12.5 Å². The van der Waals surface area contributed by atoms with E-state index in [9.17, 15) is 9.59 Å². The summed E-state index contributed by atoms with van der Waals surface area (Å²) in [5.74, 6) is 0.546. The van der Waals surface area contributed by atoms with Crippen LogP contribution in [-0.4, -0.2) is 41.0 Å². The minimum Gasteiger partial charge on any atom is -0.493 e. The van der Waals surface area contributed by atoms with Gasteiger partial charge in [0.15, 0.2) is 17.1 Å². The second kappa shape index (κ2) is 8.27. The number of imidazole rings is 1. The summed E-state index contributed by atoms with van der Waals surface area (Å²) < 4.78 is 16.0. The second-order valence-electron chi connectivity index (χ2n) is 7.45. The number of H-pyrrole nitrogens is 1. The van der Waals surface area contributed by atoms with Gasteiger partial charge in [0.05, 0.1) is 26.2 Å². The molecule has 0 aliphatic carbocycles. The Morgan fingerprint density at radius 2 is 2.03 bits per heavy atom. The summed E-state index contributed by atoms with van der Waals surface area (Å²) in [6.07, 6.45) is 0.938. The zero-order valence-corrected chi connectivity index (χ0v) is 17.9. The molecule has 33 heavy (non-hydrogen) atoms. The fourth-order valence-electron chi connectivity index (χ4n) is 3.93. The van der Waals surface area contributed by atoms with Gasteiger partial charge in [-0.3, -0.25) is 4.79 Å². The van der Waals surface area contributed by atoms with Gasteiger partial charge in [0.1, 0.15) is 17.5 Å². The van der Waals surface area contributed by atoms with Crippen LogP contribution in [0.15, 0.2) is 54.7 Å². The first-order valence-corrected chi connectivity index (χ1v) is 10.2. The highest BCUT2D eigenvalue weighted by molar-refractivity contribution is 5.99. The van der Waals surface area contributed by atoms with Crippen LogP contribution in [-0.2, 0) is 9.53 Å². The smallest absolute Gasteiger partial charge is 0.343 e. The number of carbonyl (C=O) groups is 2. The minimum atomic E-state index is -0.711. The number of carbonyl (C=O) groups excluding carboxylic acids is 2. The number of esters is 1. The number of cyclic esters (lactones) is 1. The molecule has 1 aliphatic rings. The lowest BCUT2D eigenvalue weighted by Crippen LogP contribution is -2.15. The van der Waals surface area contributed by atoms with Crippen molar-refractivity contribution in [3.05, 3.63) is 65.9 Å². The van der Waals surface area contributed by atoms with Gasteiger partial charge >= 0.3 is 5.97 Å². The molecule has 0 saturated heterocycles. The molecule has 4 aromatic rings. The number of aromatic amines is 1. The minimum absolute atomic E-state index is 0.0347. The van der Waals surface area contributed by atoms with Crippen molar-refractivity contribution in [1.29, 1.82) is 0 Å². The number of nitrogens with zero attached hydrogens (tertiary/aromatic N) is 2. The average molecular weight is 444 g/mol. The number of benzene rings is 2. The summed E-state index contributed by atoms with van der Waals surface area (Å²) in [5.41, 5.74) is 3.74. The van der Waals surface area contributed by atoms with Crippen LogP contribution >= 0.6 is 0 Å². The van der Waals surface area contributed by atoms with Gasteiger partial charge in [-0.05, 0) is 30.3 Å². The highest BCUT2D eigenvalue weighted by Gasteiger charge is 2.36. The SMILES string of the molecule is COc1ccc2c(c1OC)C(=O)OC2CC(=O)Nc1cccc(-c2nc3ncccc3[nH]2)c1. The Balaban J connectivity index is 1.34. The molecule has 0 radical (unpaired) electrons. The lowest BCUT2D eigenvalue weighted by atomic mass is 10.0. The molecule has 3 heterocycles. The Bertz CT molecular complexity index is 1350. The van der Waals surface area contributed by atoms with Gasteiger partial charge in [0.25, 0.3) is 0 Å². The molecular formula is C24H20N4O5. The summed E-state index contributed by atoms with van der Waals surface area (Å²) in [6.45, 7) is 0. The molecule has 166 valence electrons. The van der Waals surface area contributed by atoms with E-state index in [1.54, 1.807) is 24.4 Å². The molecule has 9 nitrogen and oxygen atoms in total. The molecule has 2 aromatic heterocycles. The van der Waals surface area contributed by atoms with Crippen molar-refractivity contribution in [3.8, 4) is 22.9 Å². The molecule has 5 rings (SSSR count). The molecule has 1 aliphatic heterocycles. The van der Waals surface area contributed by atoms with Crippen molar-refractivity contribution in [2.24, 2.45) is 0 Å². The number of anilines is 1.